The lowest BCUT2D eigenvalue weighted by Crippen LogP contribution is -1.84. The maximum atomic E-state index is 10.4. The molecule has 0 spiro atoms. The van der Waals surface area contributed by atoms with Crippen LogP contribution in [0.15, 0.2) is 21.1 Å². The Morgan fingerprint density at radius 3 is 2.09 bits per heavy atom. The van der Waals surface area contributed by atoms with Crippen LogP contribution >= 0.6 is 31.9 Å². The first-order valence-corrected chi connectivity index (χ1v) is 4.64. The second-order valence-electron chi connectivity index (χ2n) is 2.23. The smallest absolute Gasteiger partial charge is 0.150 e. The largest absolute Gasteiger partial charge is 0.298 e. The molecule has 0 amide bonds. The van der Waals surface area contributed by atoms with Crippen LogP contribution in [-0.4, -0.2) is 6.29 Å². The molecule has 0 aliphatic rings. The number of rotatable bonds is 1. The Morgan fingerprint density at radius 1 is 1.27 bits per heavy atom. The minimum Gasteiger partial charge on any atom is -0.298 e. The fraction of sp³-hybridized carbons (Fsp3) is 0.125. The monoisotopic (exact) mass is 276 g/mol. The van der Waals surface area contributed by atoms with Crippen molar-refractivity contribution in [1.29, 1.82) is 0 Å². The molecule has 0 fully saturated rings. The first-order chi connectivity index (χ1) is 5.15. The Bertz CT molecular complexity index is 271. The molecular formula is C8H6Br2O. The molecule has 11 heavy (non-hydrogen) atoms. The van der Waals surface area contributed by atoms with Gasteiger partial charge in [-0.3, -0.25) is 4.79 Å². The van der Waals surface area contributed by atoms with Crippen LogP contribution in [0.4, 0.5) is 0 Å². The lowest BCUT2D eigenvalue weighted by molar-refractivity contribution is 0.112. The summed E-state index contributed by atoms with van der Waals surface area (Å²) in [5.41, 5.74) is 1.78. The molecule has 0 saturated heterocycles. The quantitative estimate of drug-likeness (QED) is 0.720. The number of carbonyl (C=O) groups is 1. The molecule has 1 aromatic carbocycles. The van der Waals surface area contributed by atoms with Crippen molar-refractivity contribution in [2.24, 2.45) is 0 Å². The Labute approximate surface area is 82.1 Å². The van der Waals surface area contributed by atoms with Gasteiger partial charge in [0.2, 0.25) is 0 Å². The van der Waals surface area contributed by atoms with Crippen molar-refractivity contribution in [3.63, 3.8) is 0 Å². The molecule has 0 heterocycles. The van der Waals surface area contributed by atoms with Gasteiger partial charge in [0, 0.05) is 14.5 Å². The summed E-state index contributed by atoms with van der Waals surface area (Å²) < 4.78 is 1.91. The third kappa shape index (κ3) is 1.91. The van der Waals surface area contributed by atoms with E-state index in [4.69, 9.17) is 0 Å². The van der Waals surface area contributed by atoms with Crippen molar-refractivity contribution < 1.29 is 4.79 Å². The average Bonchev–Trinajstić information content (AvgIpc) is 1.99. The lowest BCUT2D eigenvalue weighted by atomic mass is 10.2. The predicted octanol–water partition coefficient (Wildman–Crippen LogP) is 3.33. The van der Waals surface area contributed by atoms with Crippen LogP contribution in [0, 0.1) is 6.92 Å². The van der Waals surface area contributed by atoms with E-state index in [9.17, 15) is 4.79 Å². The summed E-state index contributed by atoms with van der Waals surface area (Å²) in [4.78, 5) is 10.4. The highest BCUT2D eigenvalue weighted by Crippen LogP contribution is 2.25. The molecule has 0 aliphatic heterocycles. The van der Waals surface area contributed by atoms with Crippen molar-refractivity contribution >= 4 is 38.1 Å². The summed E-state index contributed by atoms with van der Waals surface area (Å²) in [6, 6.07) is 3.60. The van der Waals surface area contributed by atoms with Crippen LogP contribution in [0.2, 0.25) is 0 Å². The molecule has 0 radical (unpaired) electrons. The Hall–Kier alpha value is -0.150. The zero-order chi connectivity index (χ0) is 8.43. The van der Waals surface area contributed by atoms with E-state index in [0.29, 0.717) is 5.56 Å². The molecule has 0 aromatic heterocycles. The van der Waals surface area contributed by atoms with Gasteiger partial charge in [0.05, 0.1) is 0 Å². The van der Waals surface area contributed by atoms with Crippen LogP contribution in [0.3, 0.4) is 0 Å². The van der Waals surface area contributed by atoms with E-state index in [1.54, 1.807) is 12.1 Å². The second kappa shape index (κ2) is 3.50. The molecule has 1 rings (SSSR count). The Balaban J connectivity index is 3.31. The summed E-state index contributed by atoms with van der Waals surface area (Å²) in [5, 5.41) is 0. The normalized spacial score (nSPS) is 9.73. The molecule has 1 aromatic rings. The van der Waals surface area contributed by atoms with Crippen molar-refractivity contribution in [1.82, 2.24) is 0 Å². The number of carbonyl (C=O) groups excluding carboxylic acids is 1. The molecular weight excluding hydrogens is 272 g/mol. The lowest BCUT2D eigenvalue weighted by Gasteiger charge is -2.01. The van der Waals surface area contributed by atoms with Crippen LogP contribution in [0.5, 0.6) is 0 Å². The first-order valence-electron chi connectivity index (χ1n) is 3.06. The van der Waals surface area contributed by atoms with Crippen LogP contribution in [0.1, 0.15) is 15.9 Å². The molecule has 1 nitrogen and oxygen atoms in total. The summed E-state index contributed by atoms with van der Waals surface area (Å²) in [7, 11) is 0. The maximum absolute atomic E-state index is 10.4. The van der Waals surface area contributed by atoms with E-state index >= 15 is 0 Å². The SMILES string of the molecule is Cc1c(Br)cc(C=O)cc1Br. The Morgan fingerprint density at radius 2 is 1.73 bits per heavy atom. The maximum Gasteiger partial charge on any atom is 0.150 e. The molecule has 3 heteroatoms. The van der Waals surface area contributed by atoms with Gasteiger partial charge in [-0.25, -0.2) is 0 Å². The zero-order valence-electron chi connectivity index (χ0n) is 5.90. The molecule has 0 unspecified atom stereocenters. The van der Waals surface area contributed by atoms with Gasteiger partial charge in [-0.15, -0.1) is 0 Å². The highest BCUT2D eigenvalue weighted by Gasteiger charge is 2.01. The number of benzene rings is 1. The van der Waals surface area contributed by atoms with Gasteiger partial charge in [0.15, 0.2) is 0 Å². The fourth-order valence-corrected chi connectivity index (χ4v) is 1.95. The molecule has 58 valence electrons. The summed E-state index contributed by atoms with van der Waals surface area (Å²) in [5.74, 6) is 0. The standard InChI is InChI=1S/C8H6Br2O/c1-5-7(9)2-6(4-11)3-8(5)10/h2-4H,1H3. The molecule has 0 N–H and O–H groups in total. The molecule has 0 aliphatic carbocycles. The predicted molar refractivity (Wildman–Crippen MR) is 52.0 cm³/mol. The van der Waals surface area contributed by atoms with Crippen molar-refractivity contribution in [3.05, 3.63) is 32.2 Å². The third-order valence-corrected chi connectivity index (χ3v) is 3.09. The van der Waals surface area contributed by atoms with E-state index < -0.39 is 0 Å². The molecule has 0 bridgehead atoms. The second-order valence-corrected chi connectivity index (χ2v) is 3.94. The van der Waals surface area contributed by atoms with Crippen LogP contribution in [0.25, 0.3) is 0 Å². The minimum absolute atomic E-state index is 0.675. The molecule has 0 saturated carbocycles. The van der Waals surface area contributed by atoms with Crippen molar-refractivity contribution in [2.75, 3.05) is 0 Å². The topological polar surface area (TPSA) is 17.1 Å². The average molecular weight is 278 g/mol. The van der Waals surface area contributed by atoms with E-state index in [1.807, 2.05) is 6.92 Å². The van der Waals surface area contributed by atoms with Gasteiger partial charge < -0.3 is 0 Å². The van der Waals surface area contributed by atoms with Gasteiger partial charge in [-0.2, -0.15) is 0 Å². The summed E-state index contributed by atoms with van der Waals surface area (Å²) >= 11 is 6.70. The highest BCUT2D eigenvalue weighted by atomic mass is 79.9. The van der Waals surface area contributed by atoms with E-state index in [0.717, 1.165) is 20.8 Å². The first kappa shape index (κ1) is 8.94. The van der Waals surface area contributed by atoms with Crippen LogP contribution in [-0.2, 0) is 0 Å². The fourth-order valence-electron chi connectivity index (χ4n) is 0.733. The van der Waals surface area contributed by atoms with Gasteiger partial charge >= 0.3 is 0 Å². The number of aldehydes is 1. The minimum atomic E-state index is 0.675. The van der Waals surface area contributed by atoms with E-state index in [2.05, 4.69) is 31.9 Å². The van der Waals surface area contributed by atoms with Crippen LogP contribution < -0.4 is 0 Å². The van der Waals surface area contributed by atoms with E-state index in [1.165, 1.54) is 0 Å². The van der Waals surface area contributed by atoms with E-state index in [-0.39, 0.29) is 0 Å². The van der Waals surface area contributed by atoms with Gasteiger partial charge in [-0.1, -0.05) is 31.9 Å². The summed E-state index contributed by atoms with van der Waals surface area (Å²) in [6.07, 6.45) is 0.828. The molecule has 0 atom stereocenters. The van der Waals surface area contributed by atoms with Gasteiger partial charge in [0.1, 0.15) is 6.29 Å². The van der Waals surface area contributed by atoms with Crippen molar-refractivity contribution in [3.8, 4) is 0 Å². The number of hydrogen-bond acceptors (Lipinski definition) is 1. The third-order valence-electron chi connectivity index (χ3n) is 1.44. The summed E-state index contributed by atoms with van der Waals surface area (Å²) in [6.45, 7) is 1.97. The highest BCUT2D eigenvalue weighted by molar-refractivity contribution is 9.11. The Kier molecular flexibility index (Phi) is 2.84. The number of hydrogen-bond donors (Lipinski definition) is 0. The number of halogens is 2. The van der Waals surface area contributed by atoms with Gasteiger partial charge in [0.25, 0.3) is 0 Å². The van der Waals surface area contributed by atoms with Crippen molar-refractivity contribution in [2.45, 2.75) is 6.92 Å². The zero-order valence-corrected chi connectivity index (χ0v) is 9.07. The van der Waals surface area contributed by atoms with Gasteiger partial charge in [-0.05, 0) is 24.6 Å².